The van der Waals surface area contributed by atoms with Gasteiger partial charge in [-0.25, -0.2) is 4.79 Å². The average Bonchev–Trinajstić information content (AvgIpc) is 3.08. The molecule has 28 heavy (non-hydrogen) atoms. The third-order valence-electron chi connectivity index (χ3n) is 6.10. The summed E-state index contributed by atoms with van der Waals surface area (Å²) in [5.74, 6) is 0.779. The zero-order valence-corrected chi connectivity index (χ0v) is 16.3. The van der Waals surface area contributed by atoms with Crippen molar-refractivity contribution in [3.63, 3.8) is 0 Å². The molecule has 0 radical (unpaired) electrons. The molecule has 4 nitrogen and oxygen atoms in total. The second kappa shape index (κ2) is 6.80. The number of carboxylic acids is 1. The largest absolute Gasteiger partial charge is 1.00 e. The second-order valence-electron chi connectivity index (χ2n) is 7.86. The number of carboxylic acid groups (broad SMARTS) is 1. The average molecular weight is 396 g/mol. The predicted molar refractivity (Wildman–Crippen MR) is 103 cm³/mol. The van der Waals surface area contributed by atoms with Crippen molar-refractivity contribution in [3.8, 4) is 11.5 Å². The summed E-state index contributed by atoms with van der Waals surface area (Å²) in [4.78, 5) is 11.6. The fourth-order valence-electron chi connectivity index (χ4n) is 4.52. The molecule has 0 bridgehead atoms. The monoisotopic (exact) mass is 395 g/mol. The van der Waals surface area contributed by atoms with E-state index in [4.69, 9.17) is 4.74 Å². The minimum absolute atomic E-state index is 0. The lowest BCUT2D eigenvalue weighted by atomic mass is 9.78. The Kier molecular flexibility index (Phi) is 4.56. The van der Waals surface area contributed by atoms with Crippen LogP contribution in [0.4, 0.5) is 0 Å². The lowest BCUT2D eigenvalue weighted by Gasteiger charge is -2.28. The number of aliphatic carboxylic acids is 1. The first-order chi connectivity index (χ1) is 13.0. The van der Waals surface area contributed by atoms with Gasteiger partial charge in [0.05, 0.1) is 0 Å². The van der Waals surface area contributed by atoms with Crippen molar-refractivity contribution in [2.75, 3.05) is 0 Å². The molecule has 0 amide bonds. The van der Waals surface area contributed by atoms with Gasteiger partial charge in [0.1, 0.15) is 11.5 Å². The van der Waals surface area contributed by atoms with Crippen LogP contribution in [0.5, 0.6) is 11.5 Å². The molecular formula is C23H22ClNO3. The van der Waals surface area contributed by atoms with Gasteiger partial charge in [-0.2, -0.15) is 0 Å². The van der Waals surface area contributed by atoms with Crippen LogP contribution < -0.4 is 22.9 Å². The van der Waals surface area contributed by atoms with Crippen molar-refractivity contribution in [2.24, 2.45) is 0 Å². The maximum atomic E-state index is 11.6. The van der Waals surface area contributed by atoms with Crippen molar-refractivity contribution < 1.29 is 32.8 Å². The van der Waals surface area contributed by atoms with E-state index < -0.39 is 11.5 Å². The lowest BCUT2D eigenvalue weighted by Crippen LogP contribution is -3.00. The molecule has 1 unspecified atom stereocenters. The molecule has 2 aliphatic carbocycles. The fourth-order valence-corrected chi connectivity index (χ4v) is 4.52. The topological polar surface area (TPSA) is 74.2 Å². The first kappa shape index (κ1) is 18.8. The van der Waals surface area contributed by atoms with E-state index in [1.165, 1.54) is 22.1 Å². The summed E-state index contributed by atoms with van der Waals surface area (Å²) >= 11 is 0. The molecule has 0 fully saturated rings. The number of carbonyl (C=O) groups is 1. The van der Waals surface area contributed by atoms with Gasteiger partial charge in [0.15, 0.2) is 5.54 Å². The zero-order chi connectivity index (χ0) is 18.6. The number of aryl methyl sites for hydroxylation is 3. The molecule has 0 aliphatic heterocycles. The Morgan fingerprint density at radius 2 is 1.71 bits per heavy atom. The van der Waals surface area contributed by atoms with Gasteiger partial charge in [-0.15, -0.1) is 0 Å². The summed E-state index contributed by atoms with van der Waals surface area (Å²) in [6.45, 7) is 0. The van der Waals surface area contributed by atoms with Gasteiger partial charge in [-0.3, -0.25) is 0 Å². The molecule has 3 aromatic rings. The van der Waals surface area contributed by atoms with Gasteiger partial charge in [0.2, 0.25) is 0 Å². The van der Waals surface area contributed by atoms with Crippen LogP contribution in [0.15, 0.2) is 48.5 Å². The highest BCUT2D eigenvalue weighted by molar-refractivity contribution is 5.95. The Morgan fingerprint density at radius 1 is 0.964 bits per heavy atom. The highest BCUT2D eigenvalue weighted by atomic mass is 35.5. The number of quaternary nitrogens is 1. The van der Waals surface area contributed by atoms with E-state index in [2.05, 4.69) is 42.1 Å². The van der Waals surface area contributed by atoms with Crippen LogP contribution in [0.25, 0.3) is 10.8 Å². The SMILES string of the molecule is [Cl-].[NH3+]C1(C(=O)O)CCc2ccc(Oc3ccc4c5c(cccc35)CC4)cc2C1. The number of rotatable bonds is 3. The van der Waals surface area contributed by atoms with Gasteiger partial charge in [0, 0.05) is 18.2 Å². The van der Waals surface area contributed by atoms with Crippen LogP contribution in [0.1, 0.15) is 28.7 Å². The first-order valence-electron chi connectivity index (χ1n) is 9.45. The molecular weight excluding hydrogens is 374 g/mol. The van der Waals surface area contributed by atoms with Crippen molar-refractivity contribution in [2.45, 2.75) is 37.6 Å². The van der Waals surface area contributed by atoms with Crippen LogP contribution in [-0.2, 0) is 30.5 Å². The molecule has 2 aliphatic rings. The second-order valence-corrected chi connectivity index (χ2v) is 7.86. The van der Waals surface area contributed by atoms with Crippen LogP contribution in [0, 0.1) is 0 Å². The molecule has 0 saturated heterocycles. The highest BCUT2D eigenvalue weighted by Gasteiger charge is 2.41. The van der Waals surface area contributed by atoms with Crippen LogP contribution in [-0.4, -0.2) is 16.6 Å². The summed E-state index contributed by atoms with van der Waals surface area (Å²) in [7, 11) is 0. The van der Waals surface area contributed by atoms with Crippen LogP contribution >= 0.6 is 0 Å². The molecule has 4 N–H and O–H groups in total. The van der Waals surface area contributed by atoms with Crippen molar-refractivity contribution in [1.82, 2.24) is 0 Å². The van der Waals surface area contributed by atoms with E-state index in [0.29, 0.717) is 12.8 Å². The molecule has 0 aromatic heterocycles. The van der Waals surface area contributed by atoms with Crippen molar-refractivity contribution in [1.29, 1.82) is 0 Å². The Bertz CT molecular complexity index is 1080. The molecule has 5 rings (SSSR count). The third kappa shape index (κ3) is 2.93. The smallest absolute Gasteiger partial charge is 0.365 e. The number of hydrogen-bond donors (Lipinski definition) is 2. The Morgan fingerprint density at radius 3 is 2.50 bits per heavy atom. The van der Waals surface area contributed by atoms with E-state index in [-0.39, 0.29) is 12.4 Å². The Labute approximate surface area is 169 Å². The number of halogens is 1. The van der Waals surface area contributed by atoms with Gasteiger partial charge >= 0.3 is 5.97 Å². The number of hydrogen-bond acceptors (Lipinski definition) is 2. The van der Waals surface area contributed by atoms with Gasteiger partial charge in [-0.05, 0) is 65.1 Å². The summed E-state index contributed by atoms with van der Waals surface area (Å²) < 4.78 is 6.26. The fraction of sp³-hybridized carbons (Fsp3) is 0.261. The van der Waals surface area contributed by atoms with Gasteiger partial charge in [0.25, 0.3) is 0 Å². The lowest BCUT2D eigenvalue weighted by molar-refractivity contribution is -0.464. The maximum absolute atomic E-state index is 11.6. The number of ether oxygens (including phenoxy) is 1. The highest BCUT2D eigenvalue weighted by Crippen LogP contribution is 2.38. The van der Waals surface area contributed by atoms with E-state index in [9.17, 15) is 9.90 Å². The minimum Gasteiger partial charge on any atom is -1.00 e. The molecule has 0 spiro atoms. The van der Waals surface area contributed by atoms with E-state index in [0.717, 1.165) is 41.7 Å². The summed E-state index contributed by atoms with van der Waals surface area (Å²) in [6, 6.07) is 16.7. The van der Waals surface area contributed by atoms with E-state index in [1.54, 1.807) is 0 Å². The van der Waals surface area contributed by atoms with Gasteiger partial charge in [-0.1, -0.05) is 30.3 Å². The first-order valence-corrected chi connectivity index (χ1v) is 9.45. The summed E-state index contributed by atoms with van der Waals surface area (Å²) in [6.07, 6.45) is 3.95. The quantitative estimate of drug-likeness (QED) is 0.669. The molecule has 0 heterocycles. The maximum Gasteiger partial charge on any atom is 0.365 e. The van der Waals surface area contributed by atoms with Gasteiger partial charge < -0.3 is 28.0 Å². The Balaban J connectivity index is 0.00000192. The van der Waals surface area contributed by atoms with Crippen LogP contribution in [0.3, 0.4) is 0 Å². The summed E-state index contributed by atoms with van der Waals surface area (Å²) in [5, 5.41) is 12.0. The number of benzene rings is 3. The predicted octanol–water partition coefficient (Wildman–Crippen LogP) is 0.289. The molecule has 3 aromatic carbocycles. The minimum atomic E-state index is -0.937. The zero-order valence-electron chi connectivity index (χ0n) is 15.5. The Hall–Kier alpha value is -2.56. The van der Waals surface area contributed by atoms with Crippen molar-refractivity contribution >= 4 is 16.7 Å². The third-order valence-corrected chi connectivity index (χ3v) is 6.10. The molecule has 144 valence electrons. The van der Waals surface area contributed by atoms with Crippen molar-refractivity contribution in [3.05, 3.63) is 70.8 Å². The van der Waals surface area contributed by atoms with E-state index >= 15 is 0 Å². The standard InChI is InChI=1S/C23H21NO3.ClH/c24-23(22(25)26)11-10-14-6-8-18(12-17(14)13-23)27-20-9-7-16-5-4-15-2-1-3-19(20)21(15)16;/h1-3,6-9,12H,4-5,10-11,13,24H2,(H,25,26);1H. The van der Waals surface area contributed by atoms with E-state index in [1.807, 2.05) is 12.1 Å². The summed E-state index contributed by atoms with van der Waals surface area (Å²) in [5.41, 5.74) is 8.04. The molecule has 0 saturated carbocycles. The van der Waals surface area contributed by atoms with Crippen LogP contribution in [0.2, 0.25) is 0 Å². The number of fused-ring (bicyclic) bond motifs is 1. The normalized spacial score (nSPS) is 19.8. The molecule has 5 heteroatoms. The molecule has 1 atom stereocenters.